The van der Waals surface area contributed by atoms with E-state index in [4.69, 9.17) is 4.74 Å². The van der Waals surface area contributed by atoms with E-state index in [0.717, 1.165) is 31.1 Å². The van der Waals surface area contributed by atoms with E-state index >= 15 is 0 Å². The molecule has 94 valence electrons. The number of hydrogen-bond donors (Lipinski definition) is 1. The van der Waals surface area contributed by atoms with Crippen molar-refractivity contribution in [3.63, 3.8) is 0 Å². The highest BCUT2D eigenvalue weighted by Gasteiger charge is 2.28. The van der Waals surface area contributed by atoms with Crippen LogP contribution in [0.2, 0.25) is 0 Å². The standard InChI is InChI=1S/C13H17F2NO/c1-2-17-11-6-10(7-11)16-8-9-3-4-12(14)13(15)5-9/h3-5,10-11,16H,2,6-8H2,1H3. The Morgan fingerprint density at radius 1 is 1.29 bits per heavy atom. The van der Waals surface area contributed by atoms with E-state index in [2.05, 4.69) is 5.32 Å². The summed E-state index contributed by atoms with van der Waals surface area (Å²) in [4.78, 5) is 0. The lowest BCUT2D eigenvalue weighted by Crippen LogP contribution is -2.45. The molecule has 0 saturated heterocycles. The number of halogens is 2. The molecule has 17 heavy (non-hydrogen) atoms. The SMILES string of the molecule is CCOC1CC(NCc2ccc(F)c(F)c2)C1. The molecule has 0 amide bonds. The van der Waals surface area contributed by atoms with Gasteiger partial charge in [0, 0.05) is 19.2 Å². The average Bonchev–Trinajstić information content (AvgIpc) is 2.26. The maximum atomic E-state index is 12.9. The minimum absolute atomic E-state index is 0.363. The van der Waals surface area contributed by atoms with E-state index in [1.807, 2.05) is 6.92 Å². The molecule has 1 N–H and O–H groups in total. The molecule has 0 aliphatic heterocycles. The second kappa shape index (κ2) is 5.56. The first-order chi connectivity index (χ1) is 8.19. The van der Waals surface area contributed by atoms with E-state index in [-0.39, 0.29) is 0 Å². The summed E-state index contributed by atoms with van der Waals surface area (Å²) in [5.41, 5.74) is 0.767. The normalized spacial score (nSPS) is 23.5. The Hall–Kier alpha value is -1.00. The fourth-order valence-corrected chi connectivity index (χ4v) is 2.02. The number of benzene rings is 1. The number of nitrogens with one attached hydrogen (secondary N) is 1. The first-order valence-corrected chi connectivity index (χ1v) is 5.98. The zero-order valence-electron chi connectivity index (χ0n) is 9.88. The first-order valence-electron chi connectivity index (χ1n) is 5.98. The Balaban J connectivity index is 1.74. The molecular weight excluding hydrogens is 224 g/mol. The van der Waals surface area contributed by atoms with Crippen LogP contribution in [0.1, 0.15) is 25.3 Å². The topological polar surface area (TPSA) is 21.3 Å². The zero-order chi connectivity index (χ0) is 12.3. The smallest absolute Gasteiger partial charge is 0.159 e. The van der Waals surface area contributed by atoms with Gasteiger partial charge in [0.15, 0.2) is 11.6 Å². The van der Waals surface area contributed by atoms with E-state index in [9.17, 15) is 8.78 Å². The second-order valence-corrected chi connectivity index (χ2v) is 4.38. The molecule has 2 rings (SSSR count). The lowest BCUT2D eigenvalue weighted by molar-refractivity contribution is -0.0102. The molecule has 0 heterocycles. The van der Waals surface area contributed by atoms with E-state index in [0.29, 0.717) is 18.7 Å². The molecule has 1 aromatic rings. The summed E-state index contributed by atoms with van der Waals surface area (Å²) in [5, 5.41) is 3.30. The van der Waals surface area contributed by atoms with Crippen molar-refractivity contribution in [2.45, 2.75) is 38.5 Å². The summed E-state index contributed by atoms with van der Waals surface area (Å²) in [5.74, 6) is -1.58. The molecule has 0 radical (unpaired) electrons. The van der Waals surface area contributed by atoms with Gasteiger partial charge < -0.3 is 10.1 Å². The molecule has 0 bridgehead atoms. The fourth-order valence-electron chi connectivity index (χ4n) is 2.02. The molecule has 2 nitrogen and oxygen atoms in total. The van der Waals surface area contributed by atoms with Gasteiger partial charge in [0.2, 0.25) is 0 Å². The molecule has 1 saturated carbocycles. The summed E-state index contributed by atoms with van der Waals surface area (Å²) in [6.45, 7) is 3.31. The third-order valence-corrected chi connectivity index (χ3v) is 3.08. The van der Waals surface area contributed by atoms with Gasteiger partial charge in [-0.1, -0.05) is 6.07 Å². The van der Waals surface area contributed by atoms with Gasteiger partial charge >= 0.3 is 0 Å². The van der Waals surface area contributed by atoms with Crippen molar-refractivity contribution in [2.24, 2.45) is 0 Å². The highest BCUT2D eigenvalue weighted by molar-refractivity contribution is 5.17. The highest BCUT2D eigenvalue weighted by atomic mass is 19.2. The van der Waals surface area contributed by atoms with Gasteiger partial charge in [0.1, 0.15) is 0 Å². The largest absolute Gasteiger partial charge is 0.378 e. The molecule has 1 aliphatic carbocycles. The maximum Gasteiger partial charge on any atom is 0.159 e. The van der Waals surface area contributed by atoms with Gasteiger partial charge in [-0.2, -0.15) is 0 Å². The monoisotopic (exact) mass is 241 g/mol. The molecule has 1 aliphatic rings. The van der Waals surface area contributed by atoms with Crippen LogP contribution in [0.4, 0.5) is 8.78 Å². The summed E-state index contributed by atoms with van der Waals surface area (Å²) in [6.07, 6.45) is 2.36. The van der Waals surface area contributed by atoms with E-state index < -0.39 is 11.6 Å². The van der Waals surface area contributed by atoms with Crippen molar-refractivity contribution in [2.75, 3.05) is 6.61 Å². The lowest BCUT2D eigenvalue weighted by Gasteiger charge is -2.35. The Kier molecular flexibility index (Phi) is 4.07. The minimum atomic E-state index is -0.797. The molecule has 4 heteroatoms. The highest BCUT2D eigenvalue weighted by Crippen LogP contribution is 2.23. The van der Waals surface area contributed by atoms with Crippen LogP contribution in [0.15, 0.2) is 18.2 Å². The fraction of sp³-hybridized carbons (Fsp3) is 0.538. The predicted molar refractivity (Wildman–Crippen MR) is 61.6 cm³/mol. The number of rotatable bonds is 5. The van der Waals surface area contributed by atoms with Crippen molar-refractivity contribution in [1.29, 1.82) is 0 Å². The van der Waals surface area contributed by atoms with Gasteiger partial charge in [0.05, 0.1) is 6.10 Å². The third-order valence-electron chi connectivity index (χ3n) is 3.08. The van der Waals surface area contributed by atoms with Crippen LogP contribution in [0.3, 0.4) is 0 Å². The van der Waals surface area contributed by atoms with E-state index in [1.54, 1.807) is 6.07 Å². The van der Waals surface area contributed by atoms with Crippen molar-refractivity contribution in [1.82, 2.24) is 5.32 Å². The van der Waals surface area contributed by atoms with Gasteiger partial charge in [-0.3, -0.25) is 0 Å². The Morgan fingerprint density at radius 2 is 2.06 bits per heavy atom. The Labute approximate surface area is 100.0 Å². The van der Waals surface area contributed by atoms with Crippen LogP contribution in [0, 0.1) is 11.6 Å². The molecule has 0 spiro atoms. The lowest BCUT2D eigenvalue weighted by atomic mass is 9.89. The van der Waals surface area contributed by atoms with E-state index in [1.165, 1.54) is 6.07 Å². The summed E-state index contributed by atoms with van der Waals surface area (Å²) >= 11 is 0. The van der Waals surface area contributed by atoms with Crippen LogP contribution < -0.4 is 5.32 Å². The van der Waals surface area contributed by atoms with Crippen LogP contribution in [0.5, 0.6) is 0 Å². The molecule has 0 aromatic heterocycles. The predicted octanol–water partition coefficient (Wildman–Crippen LogP) is 2.62. The van der Waals surface area contributed by atoms with Crippen molar-refractivity contribution < 1.29 is 13.5 Å². The van der Waals surface area contributed by atoms with Crippen LogP contribution in [-0.2, 0) is 11.3 Å². The number of ether oxygens (including phenoxy) is 1. The summed E-state index contributed by atoms with van der Waals surface area (Å²) < 4.78 is 31.1. The van der Waals surface area contributed by atoms with Crippen molar-refractivity contribution >= 4 is 0 Å². The van der Waals surface area contributed by atoms with Gasteiger partial charge in [0.25, 0.3) is 0 Å². The Bertz CT molecular complexity index is 378. The molecule has 0 unspecified atom stereocenters. The summed E-state index contributed by atoms with van der Waals surface area (Å²) in [7, 11) is 0. The minimum Gasteiger partial charge on any atom is -0.378 e. The zero-order valence-corrected chi connectivity index (χ0v) is 9.88. The quantitative estimate of drug-likeness (QED) is 0.855. The third kappa shape index (κ3) is 3.23. The van der Waals surface area contributed by atoms with Crippen molar-refractivity contribution in [3.05, 3.63) is 35.4 Å². The first kappa shape index (κ1) is 12.5. The second-order valence-electron chi connectivity index (χ2n) is 4.38. The summed E-state index contributed by atoms with van der Waals surface area (Å²) in [6, 6.07) is 4.43. The van der Waals surface area contributed by atoms with Gasteiger partial charge in [-0.25, -0.2) is 8.78 Å². The van der Waals surface area contributed by atoms with Crippen LogP contribution >= 0.6 is 0 Å². The van der Waals surface area contributed by atoms with Crippen molar-refractivity contribution in [3.8, 4) is 0 Å². The molecule has 1 fully saturated rings. The van der Waals surface area contributed by atoms with Crippen LogP contribution in [0.25, 0.3) is 0 Å². The average molecular weight is 241 g/mol. The molecular formula is C13H17F2NO. The van der Waals surface area contributed by atoms with Gasteiger partial charge in [-0.05, 0) is 37.5 Å². The number of hydrogen-bond acceptors (Lipinski definition) is 2. The Morgan fingerprint density at radius 3 is 2.71 bits per heavy atom. The molecule has 1 aromatic carbocycles. The van der Waals surface area contributed by atoms with Gasteiger partial charge in [-0.15, -0.1) is 0 Å². The van der Waals surface area contributed by atoms with Crippen LogP contribution in [-0.4, -0.2) is 18.8 Å². The maximum absolute atomic E-state index is 12.9. The molecule has 0 atom stereocenters.